The maximum absolute atomic E-state index is 13.7. The fourth-order valence-corrected chi connectivity index (χ4v) is 3.21. The second-order valence-corrected chi connectivity index (χ2v) is 7.28. The topological polar surface area (TPSA) is 62.5 Å². The Bertz CT molecular complexity index is 1440. The number of hydrogen-bond donors (Lipinski definition) is 0. The number of halogens is 7. The monoisotopic (exact) mass is 488 g/mol. The molecule has 2 aromatic carbocycles. The van der Waals surface area contributed by atoms with Crippen LogP contribution in [0, 0.1) is 17.1 Å². The third kappa shape index (κ3) is 5.11. The molecule has 176 valence electrons. The summed E-state index contributed by atoms with van der Waals surface area (Å²) in [4.78, 5) is 11.0. The van der Waals surface area contributed by atoms with Crippen LogP contribution in [0.4, 0.5) is 30.7 Å². The summed E-state index contributed by atoms with van der Waals surface area (Å²) in [5, 5.41) is 9.05. The largest absolute Gasteiger partial charge is 0.433 e. The maximum atomic E-state index is 13.7. The summed E-state index contributed by atoms with van der Waals surface area (Å²) in [6.45, 7) is 0. The van der Waals surface area contributed by atoms with Gasteiger partial charge in [0.05, 0.1) is 11.3 Å². The van der Waals surface area contributed by atoms with Crippen molar-refractivity contribution in [2.45, 2.75) is 12.4 Å². The molecule has 0 aliphatic heterocycles. The van der Waals surface area contributed by atoms with E-state index >= 15 is 0 Å². The van der Waals surface area contributed by atoms with Gasteiger partial charge < -0.3 is 0 Å². The second-order valence-electron chi connectivity index (χ2n) is 7.28. The van der Waals surface area contributed by atoms with E-state index in [1.807, 2.05) is 0 Å². The lowest BCUT2D eigenvalue weighted by Gasteiger charge is -2.12. The molecule has 0 fully saturated rings. The molecule has 11 heteroatoms. The first-order valence-corrected chi connectivity index (χ1v) is 9.76. The standard InChI is InChI=1S/C24H11F7N4/c25-18-6-4-14(9-17(18)11-32)13-2-1-3-15(8-13)22-34-19(10-21(35-22)24(29,30)31)16-5-7-20(33-12-16)23(26,27)28/h1-10,12H. The molecule has 35 heavy (non-hydrogen) atoms. The molecule has 2 aromatic heterocycles. The first-order valence-electron chi connectivity index (χ1n) is 9.76. The minimum Gasteiger partial charge on any atom is -0.251 e. The molecule has 0 bridgehead atoms. The van der Waals surface area contributed by atoms with Gasteiger partial charge in [-0.2, -0.15) is 31.6 Å². The van der Waals surface area contributed by atoms with E-state index in [9.17, 15) is 30.7 Å². The van der Waals surface area contributed by atoms with Crippen molar-refractivity contribution in [2.75, 3.05) is 0 Å². The Kier molecular flexibility index (Phi) is 5.98. The highest BCUT2D eigenvalue weighted by Crippen LogP contribution is 2.34. The van der Waals surface area contributed by atoms with Gasteiger partial charge in [-0.05, 0) is 47.5 Å². The zero-order valence-corrected chi connectivity index (χ0v) is 17.3. The highest BCUT2D eigenvalue weighted by atomic mass is 19.4. The van der Waals surface area contributed by atoms with E-state index in [4.69, 9.17) is 5.26 Å². The predicted molar refractivity (Wildman–Crippen MR) is 111 cm³/mol. The Balaban J connectivity index is 1.82. The molecule has 0 saturated heterocycles. The lowest BCUT2D eigenvalue weighted by molar-refractivity contribution is -0.141. The van der Waals surface area contributed by atoms with Gasteiger partial charge >= 0.3 is 12.4 Å². The SMILES string of the molecule is N#Cc1cc(-c2cccc(-c3nc(-c4ccc(C(F)(F)F)nc4)cc(C(F)(F)F)n3)c2)ccc1F. The molecule has 0 atom stereocenters. The highest BCUT2D eigenvalue weighted by molar-refractivity contribution is 5.72. The fraction of sp³-hybridized carbons (Fsp3) is 0.0833. The molecule has 0 amide bonds. The molecule has 4 rings (SSSR count). The van der Waals surface area contributed by atoms with Crippen molar-refractivity contribution in [3.8, 4) is 39.8 Å². The van der Waals surface area contributed by atoms with Gasteiger partial charge in [0.1, 0.15) is 23.3 Å². The van der Waals surface area contributed by atoms with E-state index in [1.54, 1.807) is 12.1 Å². The predicted octanol–water partition coefficient (Wildman–Crippen LogP) is 6.92. The average Bonchev–Trinajstić information content (AvgIpc) is 2.83. The van der Waals surface area contributed by atoms with Gasteiger partial charge in [0.15, 0.2) is 5.82 Å². The van der Waals surface area contributed by atoms with Crippen LogP contribution in [0.1, 0.15) is 17.0 Å². The molecule has 0 N–H and O–H groups in total. The molecular formula is C24H11F7N4. The molecular weight excluding hydrogens is 477 g/mol. The third-order valence-corrected chi connectivity index (χ3v) is 4.91. The smallest absolute Gasteiger partial charge is 0.251 e. The van der Waals surface area contributed by atoms with Crippen LogP contribution >= 0.6 is 0 Å². The van der Waals surface area contributed by atoms with Crippen LogP contribution in [0.2, 0.25) is 0 Å². The molecule has 0 saturated carbocycles. The molecule has 4 nitrogen and oxygen atoms in total. The van der Waals surface area contributed by atoms with Crippen molar-refractivity contribution in [3.05, 3.63) is 89.6 Å². The number of rotatable bonds is 3. The van der Waals surface area contributed by atoms with Crippen molar-refractivity contribution < 1.29 is 30.7 Å². The van der Waals surface area contributed by atoms with Gasteiger partial charge in [-0.25, -0.2) is 14.4 Å². The van der Waals surface area contributed by atoms with Crippen molar-refractivity contribution in [1.82, 2.24) is 15.0 Å². The van der Waals surface area contributed by atoms with Gasteiger partial charge in [0.25, 0.3) is 0 Å². The Morgan fingerprint density at radius 3 is 1.97 bits per heavy atom. The van der Waals surface area contributed by atoms with Crippen LogP contribution in [0.15, 0.2) is 66.9 Å². The van der Waals surface area contributed by atoms with Crippen molar-refractivity contribution >= 4 is 0 Å². The zero-order valence-electron chi connectivity index (χ0n) is 17.3. The number of alkyl halides is 6. The molecule has 2 heterocycles. The quantitative estimate of drug-likeness (QED) is 0.294. The van der Waals surface area contributed by atoms with E-state index in [0.717, 1.165) is 18.3 Å². The lowest BCUT2D eigenvalue weighted by atomic mass is 10.0. The first kappa shape index (κ1) is 23.8. The molecule has 0 aliphatic carbocycles. The summed E-state index contributed by atoms with van der Waals surface area (Å²) < 4.78 is 92.7. The van der Waals surface area contributed by atoms with Crippen LogP contribution in [-0.4, -0.2) is 15.0 Å². The summed E-state index contributed by atoms with van der Waals surface area (Å²) in [7, 11) is 0. The Morgan fingerprint density at radius 2 is 1.34 bits per heavy atom. The molecule has 0 unspecified atom stereocenters. The Labute approximate surface area is 193 Å². The summed E-state index contributed by atoms with van der Waals surface area (Å²) >= 11 is 0. The van der Waals surface area contributed by atoms with Gasteiger partial charge in [0.2, 0.25) is 0 Å². The molecule has 4 aromatic rings. The molecule has 0 spiro atoms. The van der Waals surface area contributed by atoms with Gasteiger partial charge in [-0.3, -0.25) is 4.98 Å². The highest BCUT2D eigenvalue weighted by Gasteiger charge is 2.35. The normalized spacial score (nSPS) is 11.8. The molecule has 0 radical (unpaired) electrons. The van der Waals surface area contributed by atoms with Gasteiger partial charge in [0, 0.05) is 17.3 Å². The summed E-state index contributed by atoms with van der Waals surface area (Å²) in [6, 6.07) is 13.8. The van der Waals surface area contributed by atoms with Crippen molar-refractivity contribution in [1.29, 1.82) is 5.26 Å². The van der Waals surface area contributed by atoms with Gasteiger partial charge in [-0.1, -0.05) is 24.3 Å². The van der Waals surface area contributed by atoms with Crippen LogP contribution in [0.5, 0.6) is 0 Å². The number of hydrogen-bond acceptors (Lipinski definition) is 4. The van der Waals surface area contributed by atoms with Crippen molar-refractivity contribution in [3.63, 3.8) is 0 Å². The Hall–Kier alpha value is -4.33. The van der Waals surface area contributed by atoms with Crippen LogP contribution in [-0.2, 0) is 12.4 Å². The van der Waals surface area contributed by atoms with Crippen molar-refractivity contribution in [2.24, 2.45) is 0 Å². The summed E-state index contributed by atoms with van der Waals surface area (Å²) in [5.41, 5.74) is -1.99. The minimum atomic E-state index is -4.86. The zero-order chi connectivity index (χ0) is 25.4. The van der Waals surface area contributed by atoms with E-state index in [2.05, 4.69) is 15.0 Å². The van der Waals surface area contributed by atoms with E-state index in [1.165, 1.54) is 30.3 Å². The number of nitrogens with zero attached hydrogens (tertiary/aromatic N) is 4. The van der Waals surface area contributed by atoms with E-state index in [-0.39, 0.29) is 28.2 Å². The fourth-order valence-electron chi connectivity index (χ4n) is 3.21. The Morgan fingerprint density at radius 1 is 0.686 bits per heavy atom. The summed E-state index contributed by atoms with van der Waals surface area (Å²) in [6.07, 6.45) is -8.78. The average molecular weight is 488 g/mol. The van der Waals surface area contributed by atoms with Crippen LogP contribution in [0.3, 0.4) is 0 Å². The first-order chi connectivity index (χ1) is 16.5. The van der Waals surface area contributed by atoms with E-state index < -0.39 is 29.6 Å². The number of aromatic nitrogens is 3. The number of nitriles is 1. The number of pyridine rings is 1. The number of benzene rings is 2. The van der Waals surface area contributed by atoms with E-state index in [0.29, 0.717) is 23.3 Å². The maximum Gasteiger partial charge on any atom is 0.433 e. The lowest BCUT2D eigenvalue weighted by Crippen LogP contribution is -2.11. The summed E-state index contributed by atoms with van der Waals surface area (Å²) in [5.74, 6) is -1.05. The van der Waals surface area contributed by atoms with Crippen LogP contribution in [0.25, 0.3) is 33.8 Å². The van der Waals surface area contributed by atoms with Gasteiger partial charge in [-0.15, -0.1) is 0 Å². The second kappa shape index (κ2) is 8.79. The third-order valence-electron chi connectivity index (χ3n) is 4.91. The minimum absolute atomic E-state index is 0.0690. The van der Waals surface area contributed by atoms with Crippen LogP contribution < -0.4 is 0 Å². The molecule has 0 aliphatic rings.